The van der Waals surface area contributed by atoms with Crippen LogP contribution in [0.4, 0.5) is 0 Å². The Kier molecular flexibility index (Phi) is 2.54. The van der Waals surface area contributed by atoms with Gasteiger partial charge in [0, 0.05) is 32.6 Å². The molecule has 2 heterocycles. The van der Waals surface area contributed by atoms with Crippen molar-refractivity contribution in [3.63, 3.8) is 0 Å². The summed E-state index contributed by atoms with van der Waals surface area (Å²) in [7, 11) is 0. The molecule has 2 fully saturated rings. The Bertz CT molecular complexity index is 193. The maximum atomic E-state index is 11.6. The molecule has 2 rings (SSSR count). The van der Waals surface area contributed by atoms with Gasteiger partial charge in [-0.05, 0) is 18.3 Å². The largest absolute Gasteiger partial charge is 0.342 e. The van der Waals surface area contributed by atoms with Crippen molar-refractivity contribution < 1.29 is 4.79 Å². The third-order valence-corrected chi connectivity index (χ3v) is 3.21. The molecule has 0 aromatic heterocycles. The summed E-state index contributed by atoms with van der Waals surface area (Å²) in [6, 6.07) is 0. The van der Waals surface area contributed by atoms with Crippen LogP contribution in [-0.4, -0.2) is 37.0 Å². The SMILES string of the molecule is CCCC(=O)N1CC2CNCC2C1. The van der Waals surface area contributed by atoms with Crippen LogP contribution in [0.1, 0.15) is 19.8 Å². The maximum Gasteiger partial charge on any atom is 0.222 e. The van der Waals surface area contributed by atoms with Gasteiger partial charge in [0.2, 0.25) is 5.91 Å². The molecule has 3 heteroatoms. The van der Waals surface area contributed by atoms with E-state index in [1.54, 1.807) is 0 Å². The highest BCUT2D eigenvalue weighted by Gasteiger charge is 2.37. The van der Waals surface area contributed by atoms with E-state index in [-0.39, 0.29) is 0 Å². The first-order valence-corrected chi connectivity index (χ1v) is 5.29. The van der Waals surface area contributed by atoms with E-state index in [0.29, 0.717) is 5.91 Å². The number of carbonyl (C=O) groups excluding carboxylic acids is 1. The molecule has 2 saturated heterocycles. The molecule has 1 amide bonds. The molecule has 2 atom stereocenters. The molecule has 0 aromatic rings. The molecule has 2 unspecified atom stereocenters. The molecule has 2 aliphatic heterocycles. The minimum atomic E-state index is 0.358. The topological polar surface area (TPSA) is 32.3 Å². The van der Waals surface area contributed by atoms with E-state index in [9.17, 15) is 4.79 Å². The second kappa shape index (κ2) is 3.66. The van der Waals surface area contributed by atoms with Gasteiger partial charge in [0.1, 0.15) is 0 Å². The zero-order valence-corrected chi connectivity index (χ0v) is 8.25. The maximum absolute atomic E-state index is 11.6. The summed E-state index contributed by atoms with van der Waals surface area (Å²) in [5.41, 5.74) is 0. The Labute approximate surface area is 79.5 Å². The number of likely N-dealkylation sites (tertiary alicyclic amines) is 1. The standard InChI is InChI=1S/C10H18N2O/c1-2-3-10(13)12-6-8-4-11-5-9(8)7-12/h8-9,11H,2-7H2,1H3. The summed E-state index contributed by atoms with van der Waals surface area (Å²) in [6.07, 6.45) is 1.70. The summed E-state index contributed by atoms with van der Waals surface area (Å²) in [5.74, 6) is 1.83. The van der Waals surface area contributed by atoms with Crippen LogP contribution in [0.2, 0.25) is 0 Å². The minimum absolute atomic E-state index is 0.358. The highest BCUT2D eigenvalue weighted by atomic mass is 16.2. The smallest absolute Gasteiger partial charge is 0.222 e. The van der Waals surface area contributed by atoms with Crippen LogP contribution in [0, 0.1) is 11.8 Å². The normalized spacial score (nSPS) is 32.2. The van der Waals surface area contributed by atoms with E-state index in [1.807, 2.05) is 0 Å². The van der Waals surface area contributed by atoms with Crippen molar-refractivity contribution >= 4 is 5.91 Å². The lowest BCUT2D eigenvalue weighted by Gasteiger charge is -2.16. The lowest BCUT2D eigenvalue weighted by Crippen LogP contribution is -2.31. The van der Waals surface area contributed by atoms with E-state index in [1.165, 1.54) is 0 Å². The van der Waals surface area contributed by atoms with Crippen LogP contribution in [-0.2, 0) is 4.79 Å². The quantitative estimate of drug-likeness (QED) is 0.673. The number of fused-ring (bicyclic) bond motifs is 1. The van der Waals surface area contributed by atoms with Gasteiger partial charge in [0.05, 0.1) is 0 Å². The van der Waals surface area contributed by atoms with Crippen molar-refractivity contribution in [2.45, 2.75) is 19.8 Å². The third-order valence-electron chi connectivity index (χ3n) is 3.21. The summed E-state index contributed by atoms with van der Waals surface area (Å²) in [4.78, 5) is 13.6. The lowest BCUT2D eigenvalue weighted by molar-refractivity contribution is -0.130. The zero-order chi connectivity index (χ0) is 9.26. The van der Waals surface area contributed by atoms with E-state index in [0.717, 1.165) is 50.9 Å². The van der Waals surface area contributed by atoms with Crippen LogP contribution >= 0.6 is 0 Å². The van der Waals surface area contributed by atoms with Gasteiger partial charge in [-0.25, -0.2) is 0 Å². The van der Waals surface area contributed by atoms with Crippen LogP contribution in [0.5, 0.6) is 0 Å². The molecule has 74 valence electrons. The molecule has 13 heavy (non-hydrogen) atoms. The van der Waals surface area contributed by atoms with E-state index in [2.05, 4.69) is 17.1 Å². The molecule has 0 bridgehead atoms. The number of amides is 1. The van der Waals surface area contributed by atoms with Crippen molar-refractivity contribution in [2.24, 2.45) is 11.8 Å². The lowest BCUT2D eigenvalue weighted by atomic mass is 10.0. The first kappa shape index (κ1) is 9.00. The number of nitrogens with zero attached hydrogens (tertiary/aromatic N) is 1. The number of rotatable bonds is 2. The van der Waals surface area contributed by atoms with Crippen LogP contribution in [0.25, 0.3) is 0 Å². The third kappa shape index (κ3) is 1.70. The number of carbonyl (C=O) groups is 1. The molecule has 1 N–H and O–H groups in total. The second-order valence-electron chi connectivity index (χ2n) is 4.23. The molecule has 3 nitrogen and oxygen atoms in total. The highest BCUT2D eigenvalue weighted by Crippen LogP contribution is 2.26. The van der Waals surface area contributed by atoms with Crippen LogP contribution in [0.3, 0.4) is 0 Å². The van der Waals surface area contributed by atoms with Gasteiger partial charge in [-0.1, -0.05) is 6.92 Å². The highest BCUT2D eigenvalue weighted by molar-refractivity contribution is 5.76. The number of hydrogen-bond donors (Lipinski definition) is 1. The van der Waals surface area contributed by atoms with Crippen molar-refractivity contribution in [1.82, 2.24) is 10.2 Å². The molecule has 0 saturated carbocycles. The Morgan fingerprint density at radius 2 is 2.00 bits per heavy atom. The van der Waals surface area contributed by atoms with E-state index < -0.39 is 0 Å². The second-order valence-corrected chi connectivity index (χ2v) is 4.23. The summed E-state index contributed by atoms with van der Waals surface area (Å²) >= 11 is 0. The molecule has 0 aliphatic carbocycles. The summed E-state index contributed by atoms with van der Waals surface area (Å²) in [6.45, 7) is 6.28. The summed E-state index contributed by atoms with van der Waals surface area (Å²) in [5, 5.41) is 3.38. The van der Waals surface area contributed by atoms with E-state index >= 15 is 0 Å². The fourth-order valence-corrected chi connectivity index (χ4v) is 2.43. The van der Waals surface area contributed by atoms with Gasteiger partial charge in [0.25, 0.3) is 0 Å². The average molecular weight is 182 g/mol. The molecule has 2 aliphatic rings. The Balaban J connectivity index is 1.87. The monoisotopic (exact) mass is 182 g/mol. The van der Waals surface area contributed by atoms with Gasteiger partial charge in [0.15, 0.2) is 0 Å². The Morgan fingerprint density at radius 1 is 1.38 bits per heavy atom. The van der Waals surface area contributed by atoms with Gasteiger partial charge >= 0.3 is 0 Å². The predicted molar refractivity (Wildman–Crippen MR) is 51.3 cm³/mol. The first-order valence-electron chi connectivity index (χ1n) is 5.29. The van der Waals surface area contributed by atoms with Crippen LogP contribution in [0.15, 0.2) is 0 Å². The first-order chi connectivity index (χ1) is 6.31. The average Bonchev–Trinajstić information content (AvgIpc) is 2.61. The van der Waals surface area contributed by atoms with Gasteiger partial charge in [-0.15, -0.1) is 0 Å². The molecular weight excluding hydrogens is 164 g/mol. The van der Waals surface area contributed by atoms with E-state index in [4.69, 9.17) is 0 Å². The van der Waals surface area contributed by atoms with Crippen LogP contribution < -0.4 is 5.32 Å². The minimum Gasteiger partial charge on any atom is -0.342 e. The Hall–Kier alpha value is -0.570. The van der Waals surface area contributed by atoms with Crippen molar-refractivity contribution in [2.75, 3.05) is 26.2 Å². The van der Waals surface area contributed by atoms with Gasteiger partial charge in [-0.2, -0.15) is 0 Å². The van der Waals surface area contributed by atoms with Crippen molar-refractivity contribution in [3.8, 4) is 0 Å². The molecule has 0 radical (unpaired) electrons. The van der Waals surface area contributed by atoms with Gasteiger partial charge in [-0.3, -0.25) is 4.79 Å². The number of nitrogens with one attached hydrogen (secondary N) is 1. The zero-order valence-electron chi connectivity index (χ0n) is 8.25. The Morgan fingerprint density at radius 3 is 2.54 bits per heavy atom. The van der Waals surface area contributed by atoms with Gasteiger partial charge < -0.3 is 10.2 Å². The fourth-order valence-electron chi connectivity index (χ4n) is 2.43. The van der Waals surface area contributed by atoms with Crippen molar-refractivity contribution in [3.05, 3.63) is 0 Å². The van der Waals surface area contributed by atoms with Crippen molar-refractivity contribution in [1.29, 1.82) is 0 Å². The molecule has 0 aromatic carbocycles. The number of hydrogen-bond acceptors (Lipinski definition) is 2. The molecular formula is C10H18N2O. The summed E-state index contributed by atoms with van der Waals surface area (Å²) < 4.78 is 0. The molecule has 0 spiro atoms. The fraction of sp³-hybridized carbons (Fsp3) is 0.900. The predicted octanol–water partition coefficient (Wildman–Crippen LogP) is 0.464.